The van der Waals surface area contributed by atoms with E-state index in [1.165, 1.54) is 11.3 Å². The zero-order valence-electron chi connectivity index (χ0n) is 14.3. The minimum Gasteiger partial charge on any atom is -0.495 e. The molecule has 26 heavy (non-hydrogen) atoms. The summed E-state index contributed by atoms with van der Waals surface area (Å²) in [6.07, 6.45) is 0. The number of para-hydroxylation sites is 1. The molecule has 0 aliphatic carbocycles. The van der Waals surface area contributed by atoms with Crippen LogP contribution >= 0.6 is 22.9 Å². The molecule has 3 rings (SSSR count). The lowest BCUT2D eigenvalue weighted by atomic mass is 10.3. The Morgan fingerprint density at radius 3 is 2.69 bits per heavy atom. The standard InChI is InChI=1S/C19H17ClN2O3S/c1-12-18(19(23)22-13-8-9-16(24-2)15(20)10-13)26-17(21-12)11-25-14-6-4-3-5-7-14/h3-10H,11H2,1-2H3,(H,22,23). The molecular formula is C19H17ClN2O3S. The van der Waals surface area contributed by atoms with Crippen molar-refractivity contribution < 1.29 is 14.3 Å². The summed E-state index contributed by atoms with van der Waals surface area (Å²) in [4.78, 5) is 17.5. The van der Waals surface area contributed by atoms with Crippen LogP contribution in [0.25, 0.3) is 0 Å². The van der Waals surface area contributed by atoms with Crippen LogP contribution in [-0.4, -0.2) is 18.0 Å². The summed E-state index contributed by atoms with van der Waals surface area (Å²) in [5.74, 6) is 1.09. The summed E-state index contributed by atoms with van der Waals surface area (Å²) in [5, 5.41) is 4.00. The topological polar surface area (TPSA) is 60.5 Å². The van der Waals surface area contributed by atoms with Crippen LogP contribution in [0.3, 0.4) is 0 Å². The smallest absolute Gasteiger partial charge is 0.267 e. The molecule has 0 saturated heterocycles. The molecule has 0 radical (unpaired) electrons. The SMILES string of the molecule is COc1ccc(NC(=O)c2sc(COc3ccccc3)nc2C)cc1Cl. The van der Waals surface area contributed by atoms with Crippen molar-refractivity contribution in [2.75, 3.05) is 12.4 Å². The van der Waals surface area contributed by atoms with E-state index < -0.39 is 0 Å². The van der Waals surface area contributed by atoms with E-state index in [9.17, 15) is 4.79 Å². The second kappa shape index (κ2) is 8.21. The zero-order chi connectivity index (χ0) is 18.5. The van der Waals surface area contributed by atoms with Crippen molar-refractivity contribution in [1.82, 2.24) is 4.98 Å². The van der Waals surface area contributed by atoms with Crippen molar-refractivity contribution in [3.05, 3.63) is 69.1 Å². The Balaban J connectivity index is 1.68. The van der Waals surface area contributed by atoms with Crippen molar-refractivity contribution in [3.8, 4) is 11.5 Å². The van der Waals surface area contributed by atoms with E-state index in [2.05, 4.69) is 10.3 Å². The number of ether oxygens (including phenoxy) is 2. The summed E-state index contributed by atoms with van der Waals surface area (Å²) < 4.78 is 10.8. The first-order valence-corrected chi connectivity index (χ1v) is 9.05. The molecule has 0 bridgehead atoms. The molecule has 0 unspecified atom stereocenters. The molecule has 2 aromatic carbocycles. The second-order valence-corrected chi connectivity index (χ2v) is 6.92. The number of benzene rings is 2. The Bertz CT molecular complexity index is 912. The van der Waals surface area contributed by atoms with Crippen LogP contribution in [0.15, 0.2) is 48.5 Å². The molecule has 134 valence electrons. The fourth-order valence-corrected chi connectivity index (χ4v) is 3.45. The Hall–Kier alpha value is -2.57. The van der Waals surface area contributed by atoms with Gasteiger partial charge in [0.1, 0.15) is 28.0 Å². The number of aromatic nitrogens is 1. The third-order valence-corrected chi connectivity index (χ3v) is 4.99. The average Bonchev–Trinajstić information content (AvgIpc) is 3.02. The number of nitrogens with one attached hydrogen (secondary N) is 1. The third-order valence-electron chi connectivity index (χ3n) is 3.56. The predicted molar refractivity (Wildman–Crippen MR) is 104 cm³/mol. The van der Waals surface area contributed by atoms with Gasteiger partial charge in [0.05, 0.1) is 17.8 Å². The third kappa shape index (κ3) is 4.33. The molecule has 0 aliphatic heterocycles. The van der Waals surface area contributed by atoms with Gasteiger partial charge in [-0.1, -0.05) is 29.8 Å². The molecule has 1 N–H and O–H groups in total. The summed E-state index contributed by atoms with van der Waals surface area (Å²) >= 11 is 7.40. The largest absolute Gasteiger partial charge is 0.495 e. The minimum absolute atomic E-state index is 0.229. The quantitative estimate of drug-likeness (QED) is 0.649. The van der Waals surface area contributed by atoms with Crippen LogP contribution < -0.4 is 14.8 Å². The van der Waals surface area contributed by atoms with Gasteiger partial charge in [-0.15, -0.1) is 11.3 Å². The number of hydrogen-bond acceptors (Lipinski definition) is 5. The fourth-order valence-electron chi connectivity index (χ4n) is 2.32. The monoisotopic (exact) mass is 388 g/mol. The van der Waals surface area contributed by atoms with Gasteiger partial charge in [0.25, 0.3) is 5.91 Å². The van der Waals surface area contributed by atoms with Gasteiger partial charge in [-0.2, -0.15) is 0 Å². The van der Waals surface area contributed by atoms with Crippen molar-refractivity contribution in [3.63, 3.8) is 0 Å². The number of amides is 1. The first kappa shape index (κ1) is 18.2. The number of hydrogen-bond donors (Lipinski definition) is 1. The number of anilines is 1. The van der Waals surface area contributed by atoms with Crippen molar-refractivity contribution in [2.24, 2.45) is 0 Å². The van der Waals surface area contributed by atoms with Crippen LogP contribution in [0.1, 0.15) is 20.4 Å². The van der Waals surface area contributed by atoms with Crippen LogP contribution in [0.2, 0.25) is 5.02 Å². The molecule has 3 aromatic rings. The lowest BCUT2D eigenvalue weighted by Gasteiger charge is -2.07. The Morgan fingerprint density at radius 1 is 1.23 bits per heavy atom. The number of carbonyl (C=O) groups is 1. The molecule has 1 heterocycles. The number of methoxy groups -OCH3 is 1. The summed E-state index contributed by atoms with van der Waals surface area (Å²) in [7, 11) is 1.54. The maximum Gasteiger partial charge on any atom is 0.267 e. The maximum atomic E-state index is 12.5. The van der Waals surface area contributed by atoms with Crippen LogP contribution in [0.5, 0.6) is 11.5 Å². The molecule has 0 fully saturated rings. The van der Waals surface area contributed by atoms with E-state index in [0.717, 1.165) is 10.8 Å². The summed E-state index contributed by atoms with van der Waals surface area (Å²) in [6, 6.07) is 14.6. The first-order valence-electron chi connectivity index (χ1n) is 7.86. The van der Waals surface area contributed by atoms with Gasteiger partial charge in [-0.3, -0.25) is 4.79 Å². The van der Waals surface area contributed by atoms with Gasteiger partial charge < -0.3 is 14.8 Å². The van der Waals surface area contributed by atoms with E-state index in [0.29, 0.717) is 33.6 Å². The van der Waals surface area contributed by atoms with Crippen LogP contribution in [0, 0.1) is 6.92 Å². The van der Waals surface area contributed by atoms with Gasteiger partial charge >= 0.3 is 0 Å². The lowest BCUT2D eigenvalue weighted by Crippen LogP contribution is -2.11. The number of halogens is 1. The van der Waals surface area contributed by atoms with E-state index in [1.807, 2.05) is 30.3 Å². The van der Waals surface area contributed by atoms with Gasteiger partial charge in [0.2, 0.25) is 0 Å². The van der Waals surface area contributed by atoms with Gasteiger partial charge in [-0.05, 0) is 37.3 Å². The highest BCUT2D eigenvalue weighted by Crippen LogP contribution is 2.28. The fraction of sp³-hybridized carbons (Fsp3) is 0.158. The molecule has 1 amide bonds. The second-order valence-electron chi connectivity index (χ2n) is 5.43. The highest BCUT2D eigenvalue weighted by molar-refractivity contribution is 7.13. The molecular weight excluding hydrogens is 372 g/mol. The summed E-state index contributed by atoms with van der Waals surface area (Å²) in [5.41, 5.74) is 1.26. The molecule has 0 atom stereocenters. The Labute approximate surface area is 160 Å². The van der Waals surface area contributed by atoms with E-state index >= 15 is 0 Å². The van der Waals surface area contributed by atoms with Gasteiger partial charge in [-0.25, -0.2) is 4.98 Å². The maximum absolute atomic E-state index is 12.5. The molecule has 1 aromatic heterocycles. The zero-order valence-corrected chi connectivity index (χ0v) is 15.9. The van der Waals surface area contributed by atoms with Crippen molar-refractivity contribution >= 4 is 34.5 Å². The van der Waals surface area contributed by atoms with E-state index in [1.54, 1.807) is 32.2 Å². The van der Waals surface area contributed by atoms with Crippen LogP contribution in [0.4, 0.5) is 5.69 Å². The number of carbonyl (C=O) groups excluding carboxylic acids is 1. The Morgan fingerprint density at radius 2 is 2.00 bits per heavy atom. The molecule has 0 saturated carbocycles. The highest BCUT2D eigenvalue weighted by atomic mass is 35.5. The minimum atomic E-state index is -0.229. The predicted octanol–water partition coefficient (Wildman–Crippen LogP) is 4.94. The highest BCUT2D eigenvalue weighted by Gasteiger charge is 2.16. The number of rotatable bonds is 6. The van der Waals surface area contributed by atoms with Gasteiger partial charge in [0.15, 0.2) is 0 Å². The normalized spacial score (nSPS) is 10.4. The van der Waals surface area contributed by atoms with Gasteiger partial charge in [0, 0.05) is 5.69 Å². The molecule has 0 spiro atoms. The van der Waals surface area contributed by atoms with Crippen molar-refractivity contribution in [2.45, 2.75) is 13.5 Å². The van der Waals surface area contributed by atoms with Crippen LogP contribution in [-0.2, 0) is 6.61 Å². The molecule has 7 heteroatoms. The number of aryl methyl sites for hydroxylation is 1. The molecule has 5 nitrogen and oxygen atoms in total. The Kier molecular flexibility index (Phi) is 5.75. The average molecular weight is 389 g/mol. The number of thiazole rings is 1. The van der Waals surface area contributed by atoms with E-state index in [4.69, 9.17) is 21.1 Å². The van der Waals surface area contributed by atoms with E-state index in [-0.39, 0.29) is 5.91 Å². The summed E-state index contributed by atoms with van der Waals surface area (Å²) in [6.45, 7) is 2.12. The molecule has 0 aliphatic rings. The number of nitrogens with zero attached hydrogens (tertiary/aromatic N) is 1. The van der Waals surface area contributed by atoms with Crippen molar-refractivity contribution in [1.29, 1.82) is 0 Å². The lowest BCUT2D eigenvalue weighted by molar-refractivity contribution is 0.103. The first-order chi connectivity index (χ1) is 12.6.